The van der Waals surface area contributed by atoms with E-state index in [1.54, 1.807) is 12.1 Å². The molecule has 2 N–H and O–H groups in total. The molecule has 0 rings (SSSR count). The molecule has 0 aliphatic rings. The molecule has 0 aliphatic carbocycles. The van der Waals surface area contributed by atoms with Crippen LogP contribution in [0.5, 0.6) is 0 Å². The summed E-state index contributed by atoms with van der Waals surface area (Å²) in [6.07, 6.45) is 4.47. The molecule has 0 spiro atoms. The molecule has 0 radical (unpaired) electrons. The van der Waals surface area contributed by atoms with Crippen molar-refractivity contribution in [2.75, 3.05) is 0 Å². The van der Waals surface area contributed by atoms with Gasteiger partial charge in [0.05, 0.1) is 0 Å². The summed E-state index contributed by atoms with van der Waals surface area (Å²) in [6, 6.07) is 3.17. The summed E-state index contributed by atoms with van der Waals surface area (Å²) in [4.78, 5) is 22.7. The highest BCUT2D eigenvalue weighted by Crippen LogP contribution is 2.11. The third kappa shape index (κ3) is 8.35. The molecule has 0 saturated heterocycles. The number of hydrogen-bond donors (Lipinski definition) is 2. The molecule has 10 heteroatoms. The Morgan fingerprint density at radius 3 is 1.32 bits per heavy atom. The summed E-state index contributed by atoms with van der Waals surface area (Å²) in [7, 11) is 0. The summed E-state index contributed by atoms with van der Waals surface area (Å²) in [5.41, 5.74) is -0.611. The van der Waals surface area contributed by atoms with E-state index in [-0.39, 0.29) is 20.4 Å². The summed E-state index contributed by atoms with van der Waals surface area (Å²) in [5, 5.41) is 21.5. The monoisotopic (exact) mass is 378 g/mol. The van der Waals surface area contributed by atoms with Crippen LogP contribution in [0, 0.1) is 22.7 Å². The first kappa shape index (κ1) is 20.0. The SMILES string of the molecule is N#CC(NC(=O)C=CC=CC(=O)NC(C#N)=C(Cl)Cl)=C(Cl)Cl. The molecule has 0 aliphatic heterocycles. The van der Waals surface area contributed by atoms with Gasteiger partial charge < -0.3 is 10.6 Å². The Morgan fingerprint density at radius 2 is 1.09 bits per heavy atom. The number of rotatable bonds is 5. The Bertz CT molecular complexity index is 600. The highest BCUT2D eigenvalue weighted by Gasteiger charge is 2.05. The van der Waals surface area contributed by atoms with Gasteiger partial charge in [-0.05, 0) is 0 Å². The maximum atomic E-state index is 11.4. The molecule has 0 bridgehead atoms. The number of hydrogen-bond acceptors (Lipinski definition) is 4. The van der Waals surface area contributed by atoms with Gasteiger partial charge in [-0.3, -0.25) is 9.59 Å². The number of nitrogens with zero attached hydrogens (tertiary/aromatic N) is 2. The zero-order valence-corrected chi connectivity index (χ0v) is 13.6. The van der Waals surface area contributed by atoms with E-state index in [1.807, 2.05) is 0 Å². The smallest absolute Gasteiger partial charge is 0.248 e. The predicted octanol–water partition coefficient (Wildman–Crippen LogP) is 2.67. The van der Waals surface area contributed by atoms with Gasteiger partial charge in [0.1, 0.15) is 21.1 Å². The maximum absolute atomic E-state index is 11.4. The molecule has 0 aromatic carbocycles. The summed E-state index contributed by atoms with van der Waals surface area (Å²) < 4.78 is -0.763. The zero-order valence-electron chi connectivity index (χ0n) is 10.5. The van der Waals surface area contributed by atoms with Crippen LogP contribution in [0.1, 0.15) is 0 Å². The van der Waals surface area contributed by atoms with Crippen molar-refractivity contribution in [3.63, 3.8) is 0 Å². The average molecular weight is 380 g/mol. The minimum absolute atomic E-state index is 0.305. The van der Waals surface area contributed by atoms with Gasteiger partial charge >= 0.3 is 0 Å². The Morgan fingerprint density at radius 1 is 0.773 bits per heavy atom. The lowest BCUT2D eigenvalue weighted by Gasteiger charge is -1.98. The molecule has 0 saturated carbocycles. The average Bonchev–Trinajstić information content (AvgIpc) is 2.45. The summed E-state index contributed by atoms with van der Waals surface area (Å²) in [6.45, 7) is 0. The van der Waals surface area contributed by atoms with Gasteiger partial charge in [-0.1, -0.05) is 58.6 Å². The minimum Gasteiger partial charge on any atom is -0.312 e. The predicted molar refractivity (Wildman–Crippen MR) is 83.3 cm³/mol. The topological polar surface area (TPSA) is 106 Å². The number of nitriles is 2. The van der Waals surface area contributed by atoms with Crippen molar-refractivity contribution >= 4 is 58.2 Å². The minimum atomic E-state index is -0.679. The molecule has 22 heavy (non-hydrogen) atoms. The van der Waals surface area contributed by atoms with Crippen LogP contribution in [0.15, 0.2) is 44.7 Å². The fraction of sp³-hybridized carbons (Fsp3) is 0. The van der Waals surface area contributed by atoms with Crippen LogP contribution in [0.25, 0.3) is 0 Å². The molecule has 6 nitrogen and oxygen atoms in total. The lowest BCUT2D eigenvalue weighted by molar-refractivity contribution is -0.116. The first-order valence-electron chi connectivity index (χ1n) is 5.19. The van der Waals surface area contributed by atoms with Gasteiger partial charge in [0.15, 0.2) is 11.4 Å². The van der Waals surface area contributed by atoms with E-state index in [0.29, 0.717) is 0 Å². The lowest BCUT2D eigenvalue weighted by Crippen LogP contribution is -2.20. The van der Waals surface area contributed by atoms with Crippen molar-refractivity contribution in [2.45, 2.75) is 0 Å². The Kier molecular flexibility index (Phi) is 9.77. The maximum Gasteiger partial charge on any atom is 0.248 e. The fourth-order valence-electron chi connectivity index (χ4n) is 0.851. The number of nitrogens with one attached hydrogen (secondary N) is 2. The first-order valence-corrected chi connectivity index (χ1v) is 6.70. The highest BCUT2D eigenvalue weighted by molar-refractivity contribution is 6.56. The molecule has 0 aromatic heterocycles. The van der Waals surface area contributed by atoms with Crippen LogP contribution in [-0.4, -0.2) is 11.8 Å². The largest absolute Gasteiger partial charge is 0.312 e. The van der Waals surface area contributed by atoms with E-state index in [4.69, 9.17) is 56.9 Å². The standard InChI is InChI=1S/C12H6Cl4N4O2/c13-11(14)7(5-17)19-9(21)3-1-2-4-10(22)20-8(6-18)12(15)16/h1-4H,(H,19,21)(H,20,22). The molecule has 0 atom stereocenters. The molecule has 0 aromatic rings. The number of carbonyl (C=O) groups is 2. The fourth-order valence-corrected chi connectivity index (χ4v) is 1.21. The van der Waals surface area contributed by atoms with Crippen molar-refractivity contribution in [1.82, 2.24) is 10.6 Å². The number of amides is 2. The zero-order chi connectivity index (χ0) is 17.1. The van der Waals surface area contributed by atoms with Crippen LogP contribution in [0.4, 0.5) is 0 Å². The molecular formula is C12H6Cl4N4O2. The van der Waals surface area contributed by atoms with Crippen molar-refractivity contribution in [3.05, 3.63) is 44.7 Å². The number of allylic oxidation sites excluding steroid dienone is 4. The van der Waals surface area contributed by atoms with Gasteiger partial charge in [-0.2, -0.15) is 10.5 Å². The second-order valence-corrected chi connectivity index (χ2v) is 5.09. The Balaban J connectivity index is 4.57. The van der Waals surface area contributed by atoms with Crippen molar-refractivity contribution in [2.24, 2.45) is 0 Å². The van der Waals surface area contributed by atoms with Crippen LogP contribution in [0.2, 0.25) is 0 Å². The summed E-state index contributed by atoms with van der Waals surface area (Å²) in [5.74, 6) is -1.36. The lowest BCUT2D eigenvalue weighted by atomic mass is 10.4. The van der Waals surface area contributed by atoms with Crippen LogP contribution in [0.3, 0.4) is 0 Å². The molecule has 0 heterocycles. The second kappa shape index (κ2) is 10.7. The van der Waals surface area contributed by atoms with Crippen LogP contribution >= 0.6 is 46.4 Å². The number of carbonyl (C=O) groups excluding carboxylic acids is 2. The second-order valence-electron chi connectivity index (χ2n) is 3.19. The van der Waals surface area contributed by atoms with E-state index in [9.17, 15) is 9.59 Å². The quantitative estimate of drug-likeness (QED) is 0.435. The van der Waals surface area contributed by atoms with E-state index in [2.05, 4.69) is 10.6 Å². The third-order valence-corrected chi connectivity index (χ3v) is 2.46. The van der Waals surface area contributed by atoms with Crippen LogP contribution in [-0.2, 0) is 9.59 Å². The van der Waals surface area contributed by atoms with E-state index in [1.165, 1.54) is 12.2 Å². The molecule has 114 valence electrons. The third-order valence-electron chi connectivity index (χ3n) is 1.70. The van der Waals surface area contributed by atoms with E-state index < -0.39 is 11.8 Å². The van der Waals surface area contributed by atoms with Gasteiger partial charge in [-0.15, -0.1) is 0 Å². The number of halogens is 4. The van der Waals surface area contributed by atoms with Gasteiger partial charge in [0.2, 0.25) is 11.8 Å². The highest BCUT2D eigenvalue weighted by atomic mass is 35.5. The molecule has 0 unspecified atom stereocenters. The molecular weight excluding hydrogens is 374 g/mol. The van der Waals surface area contributed by atoms with Gasteiger partial charge in [0.25, 0.3) is 0 Å². The van der Waals surface area contributed by atoms with E-state index in [0.717, 1.165) is 12.2 Å². The van der Waals surface area contributed by atoms with Crippen LogP contribution < -0.4 is 10.6 Å². The molecule has 2 amide bonds. The molecule has 0 fully saturated rings. The normalized spacial score (nSPS) is 9.73. The van der Waals surface area contributed by atoms with Crippen molar-refractivity contribution in [3.8, 4) is 12.1 Å². The van der Waals surface area contributed by atoms with Gasteiger partial charge in [0, 0.05) is 12.2 Å². The van der Waals surface area contributed by atoms with Gasteiger partial charge in [-0.25, -0.2) is 0 Å². The first-order chi connectivity index (χ1) is 10.3. The van der Waals surface area contributed by atoms with Crippen molar-refractivity contribution < 1.29 is 9.59 Å². The van der Waals surface area contributed by atoms with E-state index >= 15 is 0 Å². The summed E-state index contributed by atoms with van der Waals surface area (Å²) >= 11 is 21.4. The van der Waals surface area contributed by atoms with Crippen molar-refractivity contribution in [1.29, 1.82) is 10.5 Å². The Labute approximate surface area is 145 Å². The Hall–Kier alpha value is -1.96.